The van der Waals surface area contributed by atoms with Crippen molar-refractivity contribution >= 4 is 54.6 Å². The summed E-state index contributed by atoms with van der Waals surface area (Å²) < 4.78 is 33.1. The molecule has 0 aliphatic carbocycles. The number of fused-ring (bicyclic) bond motifs is 2. The van der Waals surface area contributed by atoms with Crippen LogP contribution in [0.25, 0.3) is 42.9 Å². The number of hydrogen-bond acceptors (Lipinski definition) is 6. The van der Waals surface area contributed by atoms with Gasteiger partial charge in [0, 0.05) is 5.39 Å². The maximum Gasteiger partial charge on any atom is 0.295 e. The summed E-state index contributed by atoms with van der Waals surface area (Å²) in [5.74, 6) is 0. The average molecular weight is 425 g/mol. The van der Waals surface area contributed by atoms with Crippen molar-refractivity contribution in [1.29, 1.82) is 0 Å². The third-order valence-electron chi connectivity index (χ3n) is 4.41. The van der Waals surface area contributed by atoms with Gasteiger partial charge >= 0.3 is 0 Å². The average Bonchev–Trinajstić information content (AvgIpc) is 3.37. The Morgan fingerprint density at radius 2 is 1.39 bits per heavy atom. The van der Waals surface area contributed by atoms with Gasteiger partial charge in [0.2, 0.25) is 0 Å². The predicted octanol–water partition coefficient (Wildman–Crippen LogP) is 5.49. The summed E-state index contributed by atoms with van der Waals surface area (Å²) in [6.07, 6.45) is 0. The molecule has 0 fully saturated rings. The van der Waals surface area contributed by atoms with Crippen molar-refractivity contribution < 1.29 is 13.0 Å². The zero-order valence-electron chi connectivity index (χ0n) is 14.2. The van der Waals surface area contributed by atoms with E-state index in [4.69, 9.17) is 9.97 Å². The van der Waals surface area contributed by atoms with E-state index in [0.29, 0.717) is 21.8 Å². The number of nitrogens with zero attached hydrogens (tertiary/aromatic N) is 2. The van der Waals surface area contributed by atoms with Crippen LogP contribution >= 0.6 is 22.7 Å². The molecule has 5 nitrogen and oxygen atoms in total. The summed E-state index contributed by atoms with van der Waals surface area (Å²) in [7, 11) is -4.34. The van der Waals surface area contributed by atoms with E-state index in [-0.39, 0.29) is 4.90 Å². The van der Waals surface area contributed by atoms with Crippen LogP contribution in [0.5, 0.6) is 0 Å². The number of thiophene rings is 2. The summed E-state index contributed by atoms with van der Waals surface area (Å²) in [5.41, 5.74) is 2.81. The van der Waals surface area contributed by atoms with Crippen LogP contribution in [-0.2, 0) is 10.1 Å². The smallest absolute Gasteiger partial charge is 0.282 e. The van der Waals surface area contributed by atoms with Crippen molar-refractivity contribution in [2.45, 2.75) is 4.90 Å². The van der Waals surface area contributed by atoms with Gasteiger partial charge in [0.25, 0.3) is 10.1 Å². The Labute approximate surface area is 168 Å². The molecule has 28 heavy (non-hydrogen) atoms. The lowest BCUT2D eigenvalue weighted by molar-refractivity contribution is 0.484. The topological polar surface area (TPSA) is 80.2 Å². The van der Waals surface area contributed by atoms with Gasteiger partial charge in [0.1, 0.15) is 16.3 Å². The standard InChI is InChI=1S/C20H12N2O3S3/c23-28(24,25)18-7-1-4-12-10-14-15(11-13(12)18)22-20(17-6-3-9-27-17)19(21-14)16-5-2-8-26-16/h1-11H,(H,23,24,25). The van der Waals surface area contributed by atoms with Crippen molar-refractivity contribution in [3.8, 4) is 21.1 Å². The summed E-state index contributed by atoms with van der Waals surface area (Å²) in [5, 5.41) is 5.08. The molecule has 1 N–H and O–H groups in total. The summed E-state index contributed by atoms with van der Waals surface area (Å²) in [6.45, 7) is 0. The Morgan fingerprint density at radius 3 is 1.93 bits per heavy atom. The molecule has 0 spiro atoms. The van der Waals surface area contributed by atoms with E-state index in [9.17, 15) is 13.0 Å². The van der Waals surface area contributed by atoms with Crippen LogP contribution in [0.4, 0.5) is 0 Å². The molecule has 0 bridgehead atoms. The van der Waals surface area contributed by atoms with Gasteiger partial charge in [-0.25, -0.2) is 9.97 Å². The molecule has 0 atom stereocenters. The van der Waals surface area contributed by atoms with E-state index < -0.39 is 10.1 Å². The zero-order chi connectivity index (χ0) is 19.3. The van der Waals surface area contributed by atoms with Gasteiger partial charge in [-0.05, 0) is 46.5 Å². The molecule has 0 amide bonds. The number of aromatic nitrogens is 2. The maximum absolute atomic E-state index is 11.8. The van der Waals surface area contributed by atoms with Gasteiger partial charge < -0.3 is 0 Å². The maximum atomic E-state index is 11.8. The van der Waals surface area contributed by atoms with Gasteiger partial charge in [0.05, 0.1) is 20.8 Å². The predicted molar refractivity (Wildman–Crippen MR) is 113 cm³/mol. The minimum Gasteiger partial charge on any atom is -0.282 e. The van der Waals surface area contributed by atoms with E-state index in [2.05, 4.69) is 0 Å². The molecule has 5 rings (SSSR count). The van der Waals surface area contributed by atoms with Crippen LogP contribution in [0.1, 0.15) is 0 Å². The quantitative estimate of drug-likeness (QED) is 0.306. The molecule has 0 aliphatic heterocycles. The van der Waals surface area contributed by atoms with E-state index in [1.165, 1.54) is 6.07 Å². The number of hydrogen-bond donors (Lipinski definition) is 1. The molecule has 138 valence electrons. The Bertz CT molecular complexity index is 1430. The lowest BCUT2D eigenvalue weighted by Crippen LogP contribution is -1.99. The normalized spacial score (nSPS) is 12.0. The molecule has 0 saturated carbocycles. The van der Waals surface area contributed by atoms with E-state index in [0.717, 1.165) is 21.1 Å². The Hall–Kier alpha value is -2.65. The molecular weight excluding hydrogens is 412 g/mol. The molecule has 5 aromatic rings. The van der Waals surface area contributed by atoms with Crippen molar-refractivity contribution in [2.75, 3.05) is 0 Å². The van der Waals surface area contributed by atoms with Crippen LogP contribution in [0.2, 0.25) is 0 Å². The Morgan fingerprint density at radius 1 is 0.786 bits per heavy atom. The summed E-state index contributed by atoms with van der Waals surface area (Å²) in [6, 6.07) is 16.2. The second-order valence-corrected chi connectivity index (χ2v) is 9.45. The van der Waals surface area contributed by atoms with Crippen molar-refractivity contribution in [3.63, 3.8) is 0 Å². The van der Waals surface area contributed by atoms with Crippen LogP contribution in [0.15, 0.2) is 70.3 Å². The number of benzene rings is 2. The van der Waals surface area contributed by atoms with Crippen LogP contribution in [-0.4, -0.2) is 22.9 Å². The molecule has 3 aromatic heterocycles. The highest BCUT2D eigenvalue weighted by Gasteiger charge is 2.18. The summed E-state index contributed by atoms with van der Waals surface area (Å²) >= 11 is 3.17. The van der Waals surface area contributed by atoms with Crippen LogP contribution in [0.3, 0.4) is 0 Å². The minimum absolute atomic E-state index is 0.131. The molecular formula is C20H12N2O3S3. The highest BCUT2D eigenvalue weighted by molar-refractivity contribution is 7.86. The summed E-state index contributed by atoms with van der Waals surface area (Å²) in [4.78, 5) is 11.6. The number of rotatable bonds is 3. The minimum atomic E-state index is -4.34. The highest BCUT2D eigenvalue weighted by atomic mass is 32.2. The fourth-order valence-corrected chi connectivity index (χ4v) is 5.33. The first-order valence-corrected chi connectivity index (χ1v) is 11.5. The Kier molecular flexibility index (Phi) is 4.02. The van der Waals surface area contributed by atoms with E-state index in [1.54, 1.807) is 40.9 Å². The first-order valence-electron chi connectivity index (χ1n) is 8.30. The van der Waals surface area contributed by atoms with Gasteiger partial charge in [-0.1, -0.05) is 24.3 Å². The third-order valence-corrected chi connectivity index (χ3v) is 7.08. The first kappa shape index (κ1) is 17.4. The lowest BCUT2D eigenvalue weighted by Gasteiger charge is -2.10. The van der Waals surface area contributed by atoms with Gasteiger partial charge in [-0.3, -0.25) is 4.55 Å². The molecule has 3 heterocycles. The van der Waals surface area contributed by atoms with E-state index >= 15 is 0 Å². The monoisotopic (exact) mass is 424 g/mol. The third kappa shape index (κ3) is 2.91. The van der Waals surface area contributed by atoms with Crippen LogP contribution < -0.4 is 0 Å². The van der Waals surface area contributed by atoms with E-state index in [1.807, 2.05) is 41.1 Å². The molecule has 2 aromatic carbocycles. The Balaban J connectivity index is 1.87. The van der Waals surface area contributed by atoms with Crippen molar-refractivity contribution in [1.82, 2.24) is 9.97 Å². The molecule has 0 radical (unpaired) electrons. The van der Waals surface area contributed by atoms with Gasteiger partial charge in [-0.2, -0.15) is 8.42 Å². The SMILES string of the molecule is O=S(=O)(O)c1cccc2cc3nc(-c4cccs4)c(-c4cccs4)nc3cc12. The van der Waals surface area contributed by atoms with Crippen molar-refractivity contribution in [2.24, 2.45) is 0 Å². The fraction of sp³-hybridized carbons (Fsp3) is 0. The zero-order valence-corrected chi connectivity index (χ0v) is 16.7. The van der Waals surface area contributed by atoms with Gasteiger partial charge in [0.15, 0.2) is 0 Å². The molecule has 0 aliphatic rings. The first-order chi connectivity index (χ1) is 13.5. The molecule has 0 unspecified atom stereocenters. The molecule has 8 heteroatoms. The van der Waals surface area contributed by atoms with Crippen LogP contribution in [0, 0.1) is 0 Å². The fourth-order valence-electron chi connectivity index (χ4n) is 3.19. The highest BCUT2D eigenvalue weighted by Crippen LogP contribution is 2.36. The van der Waals surface area contributed by atoms with Crippen molar-refractivity contribution in [3.05, 3.63) is 65.4 Å². The van der Waals surface area contributed by atoms with Gasteiger partial charge in [-0.15, -0.1) is 22.7 Å². The lowest BCUT2D eigenvalue weighted by atomic mass is 10.1. The second kappa shape index (κ2) is 6.46. The largest absolute Gasteiger partial charge is 0.295 e. The second-order valence-electron chi connectivity index (χ2n) is 6.17. The molecule has 0 saturated heterocycles.